The molecule has 0 aliphatic carbocycles. The molecule has 0 atom stereocenters. The molecule has 0 saturated carbocycles. The fourth-order valence-corrected chi connectivity index (χ4v) is 3.60. The van der Waals surface area contributed by atoms with Gasteiger partial charge in [-0.25, -0.2) is 4.79 Å². The molecule has 26 heavy (non-hydrogen) atoms. The number of quaternary nitrogens is 1. The average molecular weight is 384 g/mol. The van der Waals surface area contributed by atoms with Crippen LogP contribution < -0.4 is 10.4 Å². The normalized spacial score (nSPS) is 13.7. The minimum atomic E-state index is -2.07. The van der Waals surface area contributed by atoms with E-state index in [1.165, 1.54) is 50.1 Å². The van der Waals surface area contributed by atoms with Gasteiger partial charge in [-0.15, -0.1) is 11.3 Å². The van der Waals surface area contributed by atoms with Crippen LogP contribution in [-0.2, 0) is 14.3 Å². The molecule has 1 aliphatic heterocycles. The molecule has 0 spiro atoms. The maximum absolute atomic E-state index is 9.04. The molecule has 0 unspecified atom stereocenters. The molecule has 1 fully saturated rings. The van der Waals surface area contributed by atoms with Gasteiger partial charge in [0.2, 0.25) is 0 Å². The van der Waals surface area contributed by atoms with E-state index in [1.54, 1.807) is 11.1 Å². The van der Waals surface area contributed by atoms with E-state index < -0.39 is 11.9 Å². The summed E-state index contributed by atoms with van der Waals surface area (Å²) in [6.07, 6.45) is 7.29. The number of piperidine rings is 1. The Labute approximate surface area is 158 Å². The minimum Gasteiger partial charge on any atom is -0.539 e. The van der Waals surface area contributed by atoms with Crippen LogP contribution in [0.2, 0.25) is 0 Å². The summed E-state index contributed by atoms with van der Waals surface area (Å²) in [5.41, 5.74) is 3.32. The molecule has 1 aromatic rings. The molecule has 2 rings (SSSR count). The maximum atomic E-state index is 9.04. The van der Waals surface area contributed by atoms with Crippen molar-refractivity contribution in [1.82, 2.24) is 0 Å². The molecular formula is C19H29NO5S. The Morgan fingerprint density at radius 1 is 1.27 bits per heavy atom. The van der Waals surface area contributed by atoms with Crippen LogP contribution in [0.5, 0.6) is 0 Å². The van der Waals surface area contributed by atoms with E-state index in [1.807, 2.05) is 11.3 Å². The third-order valence-corrected chi connectivity index (χ3v) is 5.01. The number of aliphatic carboxylic acids is 2. The van der Waals surface area contributed by atoms with Crippen molar-refractivity contribution in [2.45, 2.75) is 45.4 Å². The lowest BCUT2D eigenvalue weighted by Gasteiger charge is -2.18. The molecule has 1 aromatic heterocycles. The first kappa shape index (κ1) is 22.3. The summed E-state index contributed by atoms with van der Waals surface area (Å²) in [6, 6.07) is 4.45. The van der Waals surface area contributed by atoms with E-state index in [4.69, 9.17) is 24.5 Å². The Kier molecular flexibility index (Phi) is 11.6. The van der Waals surface area contributed by atoms with Crippen molar-refractivity contribution in [2.24, 2.45) is 0 Å². The predicted molar refractivity (Wildman–Crippen MR) is 99.7 cm³/mol. The van der Waals surface area contributed by atoms with E-state index in [-0.39, 0.29) is 0 Å². The van der Waals surface area contributed by atoms with Crippen molar-refractivity contribution in [2.75, 3.05) is 26.3 Å². The number of carbonyl (C=O) groups is 2. The van der Waals surface area contributed by atoms with Crippen LogP contribution >= 0.6 is 11.3 Å². The number of hydrogen-bond donors (Lipinski definition) is 2. The second kappa shape index (κ2) is 13.5. The summed E-state index contributed by atoms with van der Waals surface area (Å²) < 4.78 is 5.70. The number of ether oxygens (including phenoxy) is 1. The predicted octanol–water partition coefficient (Wildman–Crippen LogP) is 1.28. The van der Waals surface area contributed by atoms with Crippen molar-refractivity contribution in [3.05, 3.63) is 28.0 Å². The highest BCUT2D eigenvalue weighted by atomic mass is 32.1. The summed E-state index contributed by atoms with van der Waals surface area (Å²) in [4.78, 5) is 19.5. The average Bonchev–Trinajstić information content (AvgIpc) is 3.16. The first-order chi connectivity index (χ1) is 12.6. The van der Waals surface area contributed by atoms with Gasteiger partial charge in [-0.1, -0.05) is 25.0 Å². The largest absolute Gasteiger partial charge is 0.539 e. The molecule has 3 N–H and O–H groups in total. The Balaban J connectivity index is 0.000000487. The number of unbranched alkanes of at least 4 members (excludes halogenated alkanes) is 1. The van der Waals surface area contributed by atoms with E-state index in [2.05, 4.69) is 29.8 Å². The lowest BCUT2D eigenvalue weighted by atomic mass is 9.95. The number of rotatable bonds is 8. The van der Waals surface area contributed by atoms with Crippen LogP contribution in [0.4, 0.5) is 0 Å². The van der Waals surface area contributed by atoms with Gasteiger partial charge in [0.1, 0.15) is 0 Å². The fourth-order valence-electron chi connectivity index (χ4n) is 2.75. The highest BCUT2D eigenvalue weighted by Crippen LogP contribution is 2.30. The summed E-state index contributed by atoms with van der Waals surface area (Å²) in [5.74, 6) is -4.01. The standard InChI is InChI=1S/C17H27NOS.C2H2O4/c1-2-3-12-19-13-4-6-16(17-7-5-14-20-17)15-8-10-18-11-9-15;3-1(4)2(5)6/h5,7,14,18H,2-4,6,8-13H2,1H3;(H,3,4)(H,5,6). The minimum absolute atomic E-state index is 0.911. The zero-order chi connectivity index (χ0) is 19.2. The Morgan fingerprint density at radius 3 is 2.46 bits per heavy atom. The number of hydrogen-bond acceptors (Lipinski definition) is 5. The Morgan fingerprint density at radius 2 is 1.92 bits per heavy atom. The van der Waals surface area contributed by atoms with Gasteiger partial charge in [-0.05, 0) is 36.3 Å². The molecule has 0 aromatic carbocycles. The number of carboxylic acids is 2. The van der Waals surface area contributed by atoms with Crippen molar-refractivity contribution in [3.63, 3.8) is 0 Å². The number of carboxylic acid groups (broad SMARTS) is 2. The number of allylic oxidation sites excluding steroid dienone is 1. The second-order valence-electron chi connectivity index (χ2n) is 6.09. The summed E-state index contributed by atoms with van der Waals surface area (Å²) >= 11 is 1.89. The van der Waals surface area contributed by atoms with Crippen LogP contribution in [0.3, 0.4) is 0 Å². The highest BCUT2D eigenvalue weighted by Gasteiger charge is 2.15. The molecule has 0 amide bonds. The highest BCUT2D eigenvalue weighted by molar-refractivity contribution is 7.11. The zero-order valence-corrected chi connectivity index (χ0v) is 16.2. The molecule has 1 aliphatic rings. The zero-order valence-electron chi connectivity index (χ0n) is 15.4. The van der Waals surface area contributed by atoms with Crippen molar-refractivity contribution < 1.29 is 29.9 Å². The number of nitrogens with two attached hydrogens (primary N) is 1. The molecule has 1 saturated heterocycles. The van der Waals surface area contributed by atoms with Gasteiger partial charge in [-0.2, -0.15) is 0 Å². The van der Waals surface area contributed by atoms with Gasteiger partial charge >= 0.3 is 5.97 Å². The third kappa shape index (κ3) is 9.12. The SMILES string of the molecule is CCCCOCCCC(=C1CC[NH2+]CC1)c1cccs1.O=C([O-])C(=O)O. The van der Waals surface area contributed by atoms with Crippen LogP contribution in [0.1, 0.15) is 50.3 Å². The van der Waals surface area contributed by atoms with E-state index in [0.717, 1.165) is 19.6 Å². The van der Waals surface area contributed by atoms with Gasteiger partial charge < -0.3 is 25.1 Å². The monoisotopic (exact) mass is 383 g/mol. The molecule has 146 valence electrons. The van der Waals surface area contributed by atoms with Crippen molar-refractivity contribution in [1.29, 1.82) is 0 Å². The molecule has 6 nitrogen and oxygen atoms in total. The Hall–Kier alpha value is -1.70. The van der Waals surface area contributed by atoms with Gasteiger partial charge in [0, 0.05) is 30.9 Å². The molecule has 7 heteroatoms. The van der Waals surface area contributed by atoms with Crippen molar-refractivity contribution >= 4 is 28.8 Å². The number of carbonyl (C=O) groups excluding carboxylic acids is 1. The summed E-state index contributed by atoms with van der Waals surface area (Å²) in [7, 11) is 0. The molecule has 2 heterocycles. The van der Waals surface area contributed by atoms with E-state index in [9.17, 15) is 0 Å². The first-order valence-electron chi connectivity index (χ1n) is 9.14. The number of thiophene rings is 1. The quantitative estimate of drug-likeness (QED) is 0.520. The first-order valence-corrected chi connectivity index (χ1v) is 10.0. The van der Waals surface area contributed by atoms with E-state index in [0.29, 0.717) is 0 Å². The van der Waals surface area contributed by atoms with Crippen LogP contribution in [0.25, 0.3) is 5.57 Å². The lowest BCUT2D eigenvalue weighted by molar-refractivity contribution is -0.658. The lowest BCUT2D eigenvalue weighted by Crippen LogP contribution is -2.85. The van der Waals surface area contributed by atoms with Gasteiger partial charge in [-0.3, -0.25) is 0 Å². The van der Waals surface area contributed by atoms with Gasteiger partial charge in [0.05, 0.1) is 13.1 Å². The van der Waals surface area contributed by atoms with Crippen LogP contribution in [0, 0.1) is 0 Å². The van der Waals surface area contributed by atoms with Crippen LogP contribution in [-0.4, -0.2) is 43.3 Å². The summed E-state index contributed by atoms with van der Waals surface area (Å²) in [6.45, 7) is 6.57. The van der Waals surface area contributed by atoms with E-state index >= 15 is 0 Å². The smallest absolute Gasteiger partial charge is 0.351 e. The van der Waals surface area contributed by atoms with Gasteiger partial charge in [0.25, 0.3) is 0 Å². The topological polar surface area (TPSA) is 103 Å². The van der Waals surface area contributed by atoms with Crippen molar-refractivity contribution in [3.8, 4) is 0 Å². The maximum Gasteiger partial charge on any atom is 0.351 e. The van der Waals surface area contributed by atoms with Crippen LogP contribution in [0.15, 0.2) is 23.1 Å². The fraction of sp³-hybridized carbons (Fsp3) is 0.579. The molecule has 0 bridgehead atoms. The summed E-state index contributed by atoms with van der Waals surface area (Å²) in [5, 5.41) is 20.9. The van der Waals surface area contributed by atoms with Gasteiger partial charge in [0.15, 0.2) is 5.97 Å². The molecular weight excluding hydrogens is 354 g/mol. The third-order valence-electron chi connectivity index (χ3n) is 4.08. The Bertz CT molecular complexity index is 548. The second-order valence-corrected chi connectivity index (χ2v) is 7.04. The molecule has 0 radical (unpaired) electrons.